The van der Waals surface area contributed by atoms with Gasteiger partial charge in [0.05, 0.1) is 11.8 Å². The summed E-state index contributed by atoms with van der Waals surface area (Å²) in [6.07, 6.45) is 0.606. The first-order valence-electron chi connectivity index (χ1n) is 5.93. The zero-order valence-electron chi connectivity index (χ0n) is 10.8. The van der Waals surface area contributed by atoms with Gasteiger partial charge in [-0.05, 0) is 13.3 Å². The van der Waals surface area contributed by atoms with Gasteiger partial charge in [-0.2, -0.15) is 5.10 Å². The number of aliphatic hydroxyl groups is 1. The monoisotopic (exact) mass is 257 g/mol. The Morgan fingerprint density at radius 2 is 2.24 bits per heavy atom. The van der Waals surface area contributed by atoms with Crippen LogP contribution < -0.4 is 5.32 Å². The molecule has 2 rings (SSSR count). The maximum absolute atomic E-state index is 9.67. The lowest BCUT2D eigenvalue weighted by atomic mass is 9.64. The molecule has 1 aromatic heterocycles. The number of nitrogens with zero attached hydrogens (tertiary/aromatic N) is 2. The highest BCUT2D eigenvalue weighted by atomic mass is 35.5. The molecule has 1 aliphatic rings. The summed E-state index contributed by atoms with van der Waals surface area (Å²) in [4.78, 5) is 0. The lowest BCUT2D eigenvalue weighted by molar-refractivity contribution is -0.0729. The van der Waals surface area contributed by atoms with Crippen LogP contribution in [0.25, 0.3) is 0 Å². The van der Waals surface area contributed by atoms with Crippen LogP contribution in [0.2, 0.25) is 5.15 Å². The molecule has 4 nitrogen and oxygen atoms in total. The smallest absolute Gasteiger partial charge is 0.131 e. The standard InChI is InChI=1S/C12H20ClN3O/c1-7-8(11(13)16(4)15-7)6-14-9-5-10(17)12(9,2)3/h9-10,14,17H,5-6H2,1-4H3. The predicted molar refractivity (Wildman–Crippen MR) is 68.0 cm³/mol. The van der Waals surface area contributed by atoms with E-state index >= 15 is 0 Å². The van der Waals surface area contributed by atoms with Crippen LogP contribution in [0, 0.1) is 12.3 Å². The van der Waals surface area contributed by atoms with Crippen molar-refractivity contribution in [2.24, 2.45) is 12.5 Å². The molecule has 17 heavy (non-hydrogen) atoms. The van der Waals surface area contributed by atoms with Gasteiger partial charge in [-0.1, -0.05) is 25.4 Å². The molecule has 0 aliphatic heterocycles. The fourth-order valence-electron chi connectivity index (χ4n) is 2.35. The Bertz CT molecular complexity index is 428. The van der Waals surface area contributed by atoms with Crippen molar-refractivity contribution in [1.82, 2.24) is 15.1 Å². The van der Waals surface area contributed by atoms with Crippen molar-refractivity contribution < 1.29 is 5.11 Å². The van der Waals surface area contributed by atoms with Gasteiger partial charge in [0, 0.05) is 30.6 Å². The van der Waals surface area contributed by atoms with Crippen LogP contribution in [0.1, 0.15) is 31.5 Å². The van der Waals surface area contributed by atoms with Crippen LogP contribution in [0.15, 0.2) is 0 Å². The number of hydrogen-bond acceptors (Lipinski definition) is 3. The van der Waals surface area contributed by atoms with Crippen molar-refractivity contribution in [3.05, 3.63) is 16.4 Å². The van der Waals surface area contributed by atoms with Crippen LogP contribution in [0.3, 0.4) is 0 Å². The van der Waals surface area contributed by atoms with Crippen LogP contribution in [0.4, 0.5) is 0 Å². The van der Waals surface area contributed by atoms with E-state index in [1.165, 1.54) is 0 Å². The molecule has 1 saturated carbocycles. The zero-order chi connectivity index (χ0) is 12.8. The summed E-state index contributed by atoms with van der Waals surface area (Å²) in [7, 11) is 1.84. The maximum Gasteiger partial charge on any atom is 0.131 e. The molecule has 0 saturated heterocycles. The predicted octanol–water partition coefficient (Wildman–Crippen LogP) is 1.63. The van der Waals surface area contributed by atoms with E-state index in [1.54, 1.807) is 4.68 Å². The fraction of sp³-hybridized carbons (Fsp3) is 0.750. The van der Waals surface area contributed by atoms with Gasteiger partial charge < -0.3 is 10.4 Å². The van der Waals surface area contributed by atoms with E-state index in [0.717, 1.165) is 17.7 Å². The molecule has 0 amide bonds. The number of aryl methyl sites for hydroxylation is 2. The highest BCUT2D eigenvalue weighted by molar-refractivity contribution is 6.30. The number of hydrogen-bond donors (Lipinski definition) is 2. The van der Waals surface area contributed by atoms with Gasteiger partial charge in [0.15, 0.2) is 0 Å². The molecule has 2 unspecified atom stereocenters. The Morgan fingerprint density at radius 3 is 2.65 bits per heavy atom. The summed E-state index contributed by atoms with van der Waals surface area (Å²) in [6, 6.07) is 0.341. The summed E-state index contributed by atoms with van der Waals surface area (Å²) in [5.41, 5.74) is 1.96. The molecule has 0 aromatic carbocycles. The Balaban J connectivity index is 2.00. The first kappa shape index (κ1) is 12.9. The van der Waals surface area contributed by atoms with E-state index in [-0.39, 0.29) is 11.5 Å². The topological polar surface area (TPSA) is 50.1 Å². The largest absolute Gasteiger partial charge is 0.392 e. The average Bonchev–Trinajstić information content (AvgIpc) is 2.49. The van der Waals surface area contributed by atoms with Gasteiger partial charge in [-0.3, -0.25) is 4.68 Å². The third kappa shape index (κ3) is 2.09. The summed E-state index contributed by atoms with van der Waals surface area (Å²) in [5.74, 6) is 0. The number of aliphatic hydroxyl groups excluding tert-OH is 1. The second-order valence-electron chi connectivity index (χ2n) is 5.48. The van der Waals surface area contributed by atoms with Gasteiger partial charge in [0.1, 0.15) is 5.15 Å². The number of halogens is 1. The first-order valence-corrected chi connectivity index (χ1v) is 6.31. The van der Waals surface area contributed by atoms with E-state index < -0.39 is 0 Å². The van der Waals surface area contributed by atoms with Crippen molar-refractivity contribution in [2.75, 3.05) is 0 Å². The van der Waals surface area contributed by atoms with Gasteiger partial charge >= 0.3 is 0 Å². The molecule has 0 bridgehead atoms. The summed E-state index contributed by atoms with van der Waals surface area (Å²) >= 11 is 6.17. The lowest BCUT2D eigenvalue weighted by Gasteiger charge is -2.49. The minimum atomic E-state index is -0.203. The molecule has 1 heterocycles. The lowest BCUT2D eigenvalue weighted by Crippen LogP contribution is -2.59. The quantitative estimate of drug-likeness (QED) is 0.866. The van der Waals surface area contributed by atoms with E-state index in [0.29, 0.717) is 17.7 Å². The van der Waals surface area contributed by atoms with E-state index in [2.05, 4.69) is 24.3 Å². The van der Waals surface area contributed by atoms with Crippen molar-refractivity contribution in [3.8, 4) is 0 Å². The Morgan fingerprint density at radius 1 is 1.59 bits per heavy atom. The molecule has 1 aliphatic carbocycles. The number of rotatable bonds is 3. The Kier molecular flexibility index (Phi) is 3.23. The van der Waals surface area contributed by atoms with E-state index in [4.69, 9.17) is 11.6 Å². The third-order valence-corrected chi connectivity index (χ3v) is 4.48. The molecule has 5 heteroatoms. The molecule has 96 valence electrons. The highest BCUT2D eigenvalue weighted by Crippen LogP contribution is 2.40. The van der Waals surface area contributed by atoms with Crippen molar-refractivity contribution in [3.63, 3.8) is 0 Å². The normalized spacial score (nSPS) is 26.9. The molecule has 1 aromatic rings. The molecular formula is C12H20ClN3O. The van der Waals surface area contributed by atoms with Crippen molar-refractivity contribution in [2.45, 2.75) is 45.9 Å². The Hall–Kier alpha value is -0.580. The van der Waals surface area contributed by atoms with E-state index in [9.17, 15) is 5.11 Å². The third-order valence-electron chi connectivity index (χ3n) is 4.01. The summed E-state index contributed by atoms with van der Waals surface area (Å²) in [6.45, 7) is 6.83. The molecular weight excluding hydrogens is 238 g/mol. The summed E-state index contributed by atoms with van der Waals surface area (Å²) in [5, 5.41) is 18.1. The van der Waals surface area contributed by atoms with Crippen molar-refractivity contribution >= 4 is 11.6 Å². The van der Waals surface area contributed by atoms with Gasteiger partial charge in [-0.15, -0.1) is 0 Å². The minimum Gasteiger partial charge on any atom is -0.392 e. The van der Waals surface area contributed by atoms with Gasteiger partial charge in [-0.25, -0.2) is 0 Å². The number of aromatic nitrogens is 2. The average molecular weight is 258 g/mol. The fourth-order valence-corrected chi connectivity index (χ4v) is 2.59. The van der Waals surface area contributed by atoms with Crippen molar-refractivity contribution in [1.29, 1.82) is 0 Å². The molecule has 2 N–H and O–H groups in total. The Labute approximate surface area is 107 Å². The molecule has 0 radical (unpaired) electrons. The second kappa shape index (κ2) is 4.26. The zero-order valence-corrected chi connectivity index (χ0v) is 11.5. The second-order valence-corrected chi connectivity index (χ2v) is 5.84. The van der Waals surface area contributed by atoms with E-state index in [1.807, 2.05) is 14.0 Å². The molecule has 2 atom stereocenters. The number of nitrogens with one attached hydrogen (secondary N) is 1. The SMILES string of the molecule is Cc1nn(C)c(Cl)c1CNC1CC(O)C1(C)C. The first-order chi connectivity index (χ1) is 7.84. The van der Waals surface area contributed by atoms with Gasteiger partial charge in [0.2, 0.25) is 0 Å². The van der Waals surface area contributed by atoms with Crippen LogP contribution in [0.5, 0.6) is 0 Å². The van der Waals surface area contributed by atoms with Gasteiger partial charge in [0.25, 0.3) is 0 Å². The van der Waals surface area contributed by atoms with Crippen LogP contribution >= 0.6 is 11.6 Å². The maximum atomic E-state index is 9.67. The van der Waals surface area contributed by atoms with Crippen LogP contribution in [-0.4, -0.2) is 27.0 Å². The molecule has 1 fully saturated rings. The van der Waals surface area contributed by atoms with Crippen LogP contribution in [-0.2, 0) is 13.6 Å². The highest BCUT2D eigenvalue weighted by Gasteiger charge is 2.46. The minimum absolute atomic E-state index is 0.0530. The summed E-state index contributed by atoms with van der Waals surface area (Å²) < 4.78 is 1.69. The molecule has 0 spiro atoms.